The highest BCUT2D eigenvalue weighted by molar-refractivity contribution is 6.33. The van der Waals surface area contributed by atoms with Crippen molar-refractivity contribution in [2.75, 3.05) is 0 Å². The lowest BCUT2D eigenvalue weighted by atomic mass is 9.87. The third-order valence-electron chi connectivity index (χ3n) is 5.56. The standard InChI is InChI=1S/C22H12F4N2O2/c1-7-3-11(23)12(24)4-9(7)16-8(2)20-17(19-18(16)21(29)28-22(19)30)10-5-13(25)14(26)6-15(10)27-20/h3-6,27H,1-2H3,(H,28,29,30). The molecule has 0 aliphatic carbocycles. The SMILES string of the molecule is Cc1cc(F)c(F)cc1-c1c2c(c3c([nH]c4cc(F)c(F)cc43)c1C)C(=O)NC2=O. The van der Waals surface area contributed by atoms with Crippen LogP contribution in [0, 0.1) is 37.1 Å². The van der Waals surface area contributed by atoms with Crippen molar-refractivity contribution >= 4 is 33.6 Å². The van der Waals surface area contributed by atoms with Gasteiger partial charge < -0.3 is 4.98 Å². The maximum Gasteiger partial charge on any atom is 0.259 e. The molecule has 4 aromatic rings. The van der Waals surface area contributed by atoms with Crippen LogP contribution >= 0.6 is 0 Å². The fourth-order valence-electron chi connectivity index (χ4n) is 4.23. The number of nitrogens with one attached hydrogen (secondary N) is 2. The zero-order valence-corrected chi connectivity index (χ0v) is 15.6. The van der Waals surface area contributed by atoms with Crippen LogP contribution in [0.4, 0.5) is 17.6 Å². The van der Waals surface area contributed by atoms with Gasteiger partial charge in [0.05, 0.1) is 16.6 Å². The number of aromatic amines is 1. The number of fused-ring (bicyclic) bond motifs is 5. The van der Waals surface area contributed by atoms with Crippen molar-refractivity contribution in [2.45, 2.75) is 13.8 Å². The Balaban J connectivity index is 2.02. The fraction of sp³-hybridized carbons (Fsp3) is 0.0909. The number of hydrogen-bond donors (Lipinski definition) is 2. The number of amides is 2. The number of benzene rings is 3. The van der Waals surface area contributed by atoms with Crippen LogP contribution in [0.2, 0.25) is 0 Å². The molecular weight excluding hydrogens is 400 g/mol. The fourth-order valence-corrected chi connectivity index (χ4v) is 4.23. The molecule has 1 aliphatic heterocycles. The van der Waals surface area contributed by atoms with E-state index in [1.807, 2.05) is 0 Å². The Morgan fingerprint density at radius 2 is 1.33 bits per heavy atom. The first kappa shape index (κ1) is 18.4. The molecule has 0 fully saturated rings. The molecule has 3 aromatic carbocycles. The summed E-state index contributed by atoms with van der Waals surface area (Å²) in [5, 5.41) is 2.72. The van der Waals surface area contributed by atoms with E-state index in [4.69, 9.17) is 0 Å². The Hall–Kier alpha value is -3.68. The van der Waals surface area contributed by atoms with Gasteiger partial charge in [0, 0.05) is 27.9 Å². The van der Waals surface area contributed by atoms with Gasteiger partial charge in [0.15, 0.2) is 23.3 Å². The topological polar surface area (TPSA) is 62.0 Å². The summed E-state index contributed by atoms with van der Waals surface area (Å²) in [5.41, 5.74) is 1.90. The zero-order valence-electron chi connectivity index (χ0n) is 15.6. The molecule has 1 aromatic heterocycles. The van der Waals surface area contributed by atoms with E-state index < -0.39 is 35.1 Å². The number of imide groups is 1. The summed E-state index contributed by atoms with van der Waals surface area (Å²) in [6.45, 7) is 3.19. The average Bonchev–Trinajstić information content (AvgIpc) is 3.17. The number of H-pyrrole nitrogens is 1. The van der Waals surface area contributed by atoms with Gasteiger partial charge in [0.25, 0.3) is 11.8 Å². The second kappa shape index (κ2) is 5.91. The summed E-state index contributed by atoms with van der Waals surface area (Å²) in [4.78, 5) is 28.3. The maximum atomic E-state index is 14.0. The highest BCUT2D eigenvalue weighted by atomic mass is 19.2. The van der Waals surface area contributed by atoms with Crippen LogP contribution in [-0.2, 0) is 0 Å². The molecule has 0 spiro atoms. The molecule has 150 valence electrons. The lowest BCUT2D eigenvalue weighted by Gasteiger charge is -2.15. The van der Waals surface area contributed by atoms with Gasteiger partial charge in [-0.05, 0) is 48.7 Å². The molecule has 0 unspecified atom stereocenters. The van der Waals surface area contributed by atoms with Gasteiger partial charge in [-0.3, -0.25) is 14.9 Å². The smallest absolute Gasteiger partial charge is 0.259 e. The van der Waals surface area contributed by atoms with Gasteiger partial charge in [-0.15, -0.1) is 0 Å². The van der Waals surface area contributed by atoms with E-state index in [0.717, 1.165) is 24.3 Å². The molecule has 5 rings (SSSR count). The van der Waals surface area contributed by atoms with Crippen LogP contribution in [0.15, 0.2) is 24.3 Å². The van der Waals surface area contributed by atoms with E-state index in [1.54, 1.807) is 13.8 Å². The Kier molecular flexibility index (Phi) is 3.62. The first-order valence-electron chi connectivity index (χ1n) is 8.97. The largest absolute Gasteiger partial charge is 0.354 e. The second-order valence-electron chi connectivity index (χ2n) is 7.30. The van der Waals surface area contributed by atoms with E-state index in [0.29, 0.717) is 16.6 Å². The third kappa shape index (κ3) is 2.27. The molecule has 4 nitrogen and oxygen atoms in total. The Bertz CT molecular complexity index is 1470. The minimum Gasteiger partial charge on any atom is -0.354 e. The van der Waals surface area contributed by atoms with Gasteiger partial charge in [-0.25, -0.2) is 17.6 Å². The molecule has 2 heterocycles. The normalized spacial score (nSPS) is 13.4. The second-order valence-corrected chi connectivity index (χ2v) is 7.30. The molecule has 0 radical (unpaired) electrons. The third-order valence-corrected chi connectivity index (χ3v) is 5.56. The van der Waals surface area contributed by atoms with Crippen LogP contribution in [0.1, 0.15) is 31.8 Å². The zero-order chi connectivity index (χ0) is 21.5. The molecular formula is C22H12F4N2O2. The van der Waals surface area contributed by atoms with Crippen molar-refractivity contribution < 1.29 is 27.2 Å². The van der Waals surface area contributed by atoms with E-state index in [2.05, 4.69) is 10.3 Å². The lowest BCUT2D eigenvalue weighted by molar-refractivity contribution is 0.0880. The summed E-state index contributed by atoms with van der Waals surface area (Å²) >= 11 is 0. The summed E-state index contributed by atoms with van der Waals surface area (Å²) in [6, 6.07) is 3.90. The lowest BCUT2D eigenvalue weighted by Crippen LogP contribution is -2.20. The minimum absolute atomic E-state index is 0.00950. The first-order chi connectivity index (χ1) is 14.2. The van der Waals surface area contributed by atoms with Crippen LogP contribution in [0.25, 0.3) is 32.9 Å². The van der Waals surface area contributed by atoms with Crippen molar-refractivity contribution in [2.24, 2.45) is 0 Å². The number of carbonyl (C=O) groups is 2. The van der Waals surface area contributed by atoms with Crippen molar-refractivity contribution in [3.8, 4) is 11.1 Å². The quantitative estimate of drug-likeness (QED) is 0.340. The summed E-state index contributed by atoms with van der Waals surface area (Å²) in [5.74, 6) is -5.71. The average molecular weight is 412 g/mol. The van der Waals surface area contributed by atoms with Crippen LogP contribution in [-0.4, -0.2) is 16.8 Å². The Morgan fingerprint density at radius 3 is 2.07 bits per heavy atom. The summed E-state index contributed by atoms with van der Waals surface area (Å²) < 4.78 is 55.4. The number of aromatic nitrogens is 1. The molecule has 1 aliphatic rings. The molecule has 2 amide bonds. The molecule has 0 atom stereocenters. The number of carbonyl (C=O) groups excluding carboxylic acids is 2. The molecule has 30 heavy (non-hydrogen) atoms. The van der Waals surface area contributed by atoms with E-state index in [1.165, 1.54) is 0 Å². The summed E-state index contributed by atoms with van der Waals surface area (Å²) in [6.07, 6.45) is 0. The molecule has 0 bridgehead atoms. The number of aryl methyl sites for hydroxylation is 2. The van der Waals surface area contributed by atoms with E-state index in [-0.39, 0.29) is 38.5 Å². The highest BCUT2D eigenvalue weighted by Crippen LogP contribution is 2.43. The number of rotatable bonds is 1. The van der Waals surface area contributed by atoms with Crippen molar-refractivity contribution in [3.05, 3.63) is 69.8 Å². The maximum absolute atomic E-state index is 14.0. The van der Waals surface area contributed by atoms with Crippen LogP contribution in [0.3, 0.4) is 0 Å². The Labute approximate surface area is 166 Å². The molecule has 0 saturated carbocycles. The van der Waals surface area contributed by atoms with E-state index >= 15 is 0 Å². The monoisotopic (exact) mass is 412 g/mol. The van der Waals surface area contributed by atoms with Crippen molar-refractivity contribution in [1.82, 2.24) is 10.3 Å². The van der Waals surface area contributed by atoms with Gasteiger partial charge in [-0.2, -0.15) is 0 Å². The molecule has 0 saturated heterocycles. The van der Waals surface area contributed by atoms with Crippen LogP contribution in [0.5, 0.6) is 0 Å². The van der Waals surface area contributed by atoms with Gasteiger partial charge in [0.1, 0.15) is 0 Å². The molecule has 8 heteroatoms. The van der Waals surface area contributed by atoms with E-state index in [9.17, 15) is 27.2 Å². The predicted molar refractivity (Wildman–Crippen MR) is 102 cm³/mol. The number of hydrogen-bond acceptors (Lipinski definition) is 2. The molecule has 2 N–H and O–H groups in total. The highest BCUT2D eigenvalue weighted by Gasteiger charge is 2.36. The van der Waals surface area contributed by atoms with Gasteiger partial charge in [0.2, 0.25) is 0 Å². The van der Waals surface area contributed by atoms with Crippen molar-refractivity contribution in [3.63, 3.8) is 0 Å². The van der Waals surface area contributed by atoms with Crippen molar-refractivity contribution in [1.29, 1.82) is 0 Å². The predicted octanol–water partition coefficient (Wildman–Crippen LogP) is 5.04. The number of halogens is 4. The van der Waals surface area contributed by atoms with Gasteiger partial charge >= 0.3 is 0 Å². The first-order valence-corrected chi connectivity index (χ1v) is 8.97. The minimum atomic E-state index is -1.10. The Morgan fingerprint density at radius 1 is 0.733 bits per heavy atom. The summed E-state index contributed by atoms with van der Waals surface area (Å²) in [7, 11) is 0. The van der Waals surface area contributed by atoms with Gasteiger partial charge in [-0.1, -0.05) is 0 Å². The van der Waals surface area contributed by atoms with Crippen LogP contribution < -0.4 is 5.32 Å².